The minimum Gasteiger partial charge on any atom is -0.326 e. The molecule has 0 saturated heterocycles. The fourth-order valence-corrected chi connectivity index (χ4v) is 3.51. The number of hydrogen-bond donors (Lipinski definition) is 1. The molecule has 1 heterocycles. The normalized spacial score (nSPS) is 19.4. The van der Waals surface area contributed by atoms with Gasteiger partial charge >= 0.3 is 15.5 Å². The molecule has 1 aliphatic heterocycles. The van der Waals surface area contributed by atoms with Crippen LogP contribution in [0.5, 0.6) is 0 Å². The van der Waals surface area contributed by atoms with Gasteiger partial charge in [-0.05, 0) is 30.5 Å². The zero-order chi connectivity index (χ0) is 17.5. The van der Waals surface area contributed by atoms with E-state index in [2.05, 4.69) is 5.10 Å². The van der Waals surface area contributed by atoms with Gasteiger partial charge in [-0.25, -0.2) is 4.31 Å². The Morgan fingerprint density at radius 1 is 1.17 bits per heavy atom. The molecule has 1 saturated carbocycles. The molecule has 0 aromatic heterocycles. The second kappa shape index (κ2) is 5.92. The number of halogens is 3. The number of anilines is 1. The molecule has 3 rings (SSSR count). The van der Waals surface area contributed by atoms with E-state index in [1.165, 1.54) is 5.01 Å². The fourth-order valence-electron chi connectivity index (χ4n) is 2.51. The molecule has 0 unspecified atom stereocenters. The van der Waals surface area contributed by atoms with Gasteiger partial charge < -0.3 is 5.73 Å². The highest BCUT2D eigenvalue weighted by atomic mass is 32.2. The van der Waals surface area contributed by atoms with E-state index in [4.69, 9.17) is 5.73 Å². The second-order valence-corrected chi connectivity index (χ2v) is 7.60. The van der Waals surface area contributed by atoms with Gasteiger partial charge in [-0.2, -0.15) is 26.7 Å². The van der Waals surface area contributed by atoms with Gasteiger partial charge in [-0.1, -0.05) is 12.1 Å². The summed E-state index contributed by atoms with van der Waals surface area (Å²) in [5, 5.41) is 5.73. The van der Waals surface area contributed by atoms with E-state index in [1.54, 1.807) is 24.3 Å². The number of nitrogens with two attached hydrogens (primary N) is 1. The maximum Gasteiger partial charge on any atom is 0.516 e. The first-order valence-corrected chi connectivity index (χ1v) is 8.92. The first-order chi connectivity index (χ1) is 11.2. The first kappa shape index (κ1) is 17.0. The summed E-state index contributed by atoms with van der Waals surface area (Å²) in [5.74, 6) is -0.269. The van der Waals surface area contributed by atoms with Gasteiger partial charge in [-0.15, -0.1) is 0 Å². The van der Waals surface area contributed by atoms with Crippen LogP contribution in [0.4, 0.5) is 18.9 Å². The maximum atomic E-state index is 12.9. The lowest BCUT2D eigenvalue weighted by Gasteiger charge is -2.34. The van der Waals surface area contributed by atoms with Crippen molar-refractivity contribution < 1.29 is 21.6 Å². The highest BCUT2D eigenvalue weighted by Gasteiger charge is 2.53. The molecule has 0 radical (unpaired) electrons. The largest absolute Gasteiger partial charge is 0.516 e. The molecule has 6 nitrogen and oxygen atoms in total. The third-order valence-electron chi connectivity index (χ3n) is 3.99. The Labute approximate surface area is 137 Å². The molecular formula is C14H17F3N4O2S. The van der Waals surface area contributed by atoms with Crippen LogP contribution in [0, 0.1) is 5.92 Å². The number of alkyl halides is 3. The lowest BCUT2D eigenvalue weighted by molar-refractivity contribution is -0.0473. The lowest BCUT2D eigenvalue weighted by atomic mass is 10.2. The van der Waals surface area contributed by atoms with Crippen molar-refractivity contribution >= 4 is 21.5 Å². The van der Waals surface area contributed by atoms with Gasteiger partial charge in [0, 0.05) is 12.5 Å². The highest BCUT2D eigenvalue weighted by Crippen LogP contribution is 2.38. The van der Waals surface area contributed by atoms with Crippen LogP contribution < -0.4 is 10.7 Å². The van der Waals surface area contributed by atoms with Crippen LogP contribution in [-0.4, -0.2) is 37.2 Å². The standard InChI is InChI=1S/C14H17F3N4O2S/c15-14(16,17)24(22,23)21-8-7-20(19-13(21)11-3-4-11)12-5-1-10(9-18)2-6-12/h1-2,5-6,11H,3-4,7-9,18H2. The number of hydrogen-bond acceptors (Lipinski definition) is 5. The van der Waals surface area contributed by atoms with Crippen molar-refractivity contribution in [2.24, 2.45) is 16.8 Å². The smallest absolute Gasteiger partial charge is 0.326 e. The molecule has 1 aromatic rings. The molecule has 24 heavy (non-hydrogen) atoms. The van der Waals surface area contributed by atoms with Crippen LogP contribution in [0.3, 0.4) is 0 Å². The molecule has 1 fully saturated rings. The van der Waals surface area contributed by atoms with Gasteiger partial charge in [0.25, 0.3) is 0 Å². The average Bonchev–Trinajstić information content (AvgIpc) is 3.38. The minimum absolute atomic E-state index is 0.0264. The Morgan fingerprint density at radius 2 is 1.79 bits per heavy atom. The molecule has 0 atom stereocenters. The van der Waals surface area contributed by atoms with Crippen LogP contribution in [-0.2, 0) is 16.6 Å². The molecule has 2 N–H and O–H groups in total. The first-order valence-electron chi connectivity index (χ1n) is 7.48. The predicted molar refractivity (Wildman–Crippen MR) is 83.5 cm³/mol. The third kappa shape index (κ3) is 3.07. The van der Waals surface area contributed by atoms with E-state index in [9.17, 15) is 21.6 Å². The zero-order valence-corrected chi connectivity index (χ0v) is 13.5. The van der Waals surface area contributed by atoms with Crippen molar-refractivity contribution in [1.29, 1.82) is 0 Å². The average molecular weight is 362 g/mol. The monoisotopic (exact) mass is 362 g/mol. The van der Waals surface area contributed by atoms with Crippen LogP contribution in [0.2, 0.25) is 0 Å². The van der Waals surface area contributed by atoms with Gasteiger partial charge in [0.05, 0.1) is 18.8 Å². The molecule has 10 heteroatoms. The summed E-state index contributed by atoms with van der Waals surface area (Å²) in [7, 11) is -5.41. The van der Waals surface area contributed by atoms with Crippen molar-refractivity contribution in [3.8, 4) is 0 Å². The van der Waals surface area contributed by atoms with Gasteiger partial charge in [0.2, 0.25) is 0 Å². The van der Waals surface area contributed by atoms with Crippen molar-refractivity contribution in [1.82, 2.24) is 4.31 Å². The summed E-state index contributed by atoms with van der Waals surface area (Å²) >= 11 is 0. The Morgan fingerprint density at radius 3 is 2.29 bits per heavy atom. The number of hydrazone groups is 1. The minimum atomic E-state index is -5.41. The number of sulfonamides is 1. The summed E-state index contributed by atoms with van der Waals surface area (Å²) < 4.78 is 62.5. The highest BCUT2D eigenvalue weighted by molar-refractivity contribution is 7.90. The van der Waals surface area contributed by atoms with Crippen molar-refractivity contribution in [3.63, 3.8) is 0 Å². The van der Waals surface area contributed by atoms with Crippen molar-refractivity contribution in [3.05, 3.63) is 29.8 Å². The molecular weight excluding hydrogens is 345 g/mol. The van der Waals surface area contributed by atoms with Crippen LogP contribution in [0.25, 0.3) is 0 Å². The van der Waals surface area contributed by atoms with E-state index < -0.39 is 15.5 Å². The topological polar surface area (TPSA) is 79.0 Å². The summed E-state index contributed by atoms with van der Waals surface area (Å²) in [5.41, 5.74) is 1.82. The lowest BCUT2D eigenvalue weighted by Crippen LogP contribution is -2.51. The Kier molecular flexibility index (Phi) is 4.20. The molecule has 1 aliphatic carbocycles. The summed E-state index contributed by atoms with van der Waals surface area (Å²) in [6.45, 7) is 0.151. The number of benzene rings is 1. The van der Waals surface area contributed by atoms with E-state index in [0.717, 1.165) is 5.56 Å². The van der Waals surface area contributed by atoms with Crippen molar-refractivity contribution in [2.45, 2.75) is 24.9 Å². The van der Waals surface area contributed by atoms with Crippen LogP contribution in [0.1, 0.15) is 18.4 Å². The second-order valence-electron chi connectivity index (χ2n) is 5.75. The maximum absolute atomic E-state index is 12.9. The molecule has 2 aliphatic rings. The van der Waals surface area contributed by atoms with Crippen LogP contribution >= 0.6 is 0 Å². The Hall–Kier alpha value is -1.81. The summed E-state index contributed by atoms with van der Waals surface area (Å²) in [4.78, 5) is 0. The van der Waals surface area contributed by atoms with E-state index in [-0.39, 0.29) is 24.8 Å². The quantitative estimate of drug-likeness (QED) is 0.886. The van der Waals surface area contributed by atoms with Crippen molar-refractivity contribution in [2.75, 3.05) is 18.1 Å². The molecule has 1 aromatic carbocycles. The summed E-state index contributed by atoms with van der Waals surface area (Å²) in [6.07, 6.45) is 1.28. The SMILES string of the molecule is NCc1ccc(N2CCN(S(=O)(=O)C(F)(F)F)C(C3CC3)=N2)cc1. The van der Waals surface area contributed by atoms with Gasteiger partial charge in [-0.3, -0.25) is 5.01 Å². The summed E-state index contributed by atoms with van der Waals surface area (Å²) in [6, 6.07) is 7.15. The zero-order valence-electron chi connectivity index (χ0n) is 12.7. The Bertz CT molecular complexity index is 742. The number of nitrogens with zero attached hydrogens (tertiary/aromatic N) is 3. The van der Waals surface area contributed by atoms with E-state index in [0.29, 0.717) is 29.4 Å². The Balaban J connectivity index is 1.92. The predicted octanol–water partition coefficient (Wildman–Crippen LogP) is 1.84. The molecule has 0 bridgehead atoms. The van der Waals surface area contributed by atoms with E-state index >= 15 is 0 Å². The fraction of sp³-hybridized carbons (Fsp3) is 0.500. The molecule has 0 spiro atoms. The number of rotatable bonds is 4. The van der Waals surface area contributed by atoms with Crippen LogP contribution in [0.15, 0.2) is 29.4 Å². The van der Waals surface area contributed by atoms with Gasteiger partial charge in [0.1, 0.15) is 5.84 Å². The molecule has 0 amide bonds. The number of amidine groups is 1. The van der Waals surface area contributed by atoms with Gasteiger partial charge in [0.15, 0.2) is 0 Å². The third-order valence-corrected chi connectivity index (χ3v) is 5.52. The van der Waals surface area contributed by atoms with E-state index in [1.807, 2.05) is 0 Å². The molecule has 132 valence electrons.